The SMILES string of the molecule is [N-]=C=Nc1ccc(C#Cc2c3ccccc3c(C#Cc3ccc(N=C=[N-])cc3)c3ccccc23)cc1. The number of aliphatic imine (C=N–C) groups is 2. The van der Waals surface area contributed by atoms with Gasteiger partial charge in [0.1, 0.15) is 0 Å². The van der Waals surface area contributed by atoms with Gasteiger partial charge in [0, 0.05) is 22.3 Å². The average molecular weight is 457 g/mol. The van der Waals surface area contributed by atoms with E-state index in [0.717, 1.165) is 43.8 Å². The van der Waals surface area contributed by atoms with E-state index in [0.29, 0.717) is 11.4 Å². The first-order valence-electron chi connectivity index (χ1n) is 11.1. The van der Waals surface area contributed by atoms with Crippen LogP contribution in [0.5, 0.6) is 0 Å². The van der Waals surface area contributed by atoms with Gasteiger partial charge in [-0.25, -0.2) is 0 Å². The average Bonchev–Trinajstić information content (AvgIpc) is 2.92. The molecule has 0 unspecified atom stereocenters. The molecule has 0 spiro atoms. The predicted molar refractivity (Wildman–Crippen MR) is 147 cm³/mol. The molecule has 0 atom stereocenters. The predicted octanol–water partition coefficient (Wildman–Crippen LogP) is 7.54. The minimum Gasteiger partial charge on any atom is -0.422 e. The summed E-state index contributed by atoms with van der Waals surface area (Å²) in [6, 6.07) is 34.5. The highest BCUT2D eigenvalue weighted by molar-refractivity contribution is 6.09. The third-order valence-corrected chi connectivity index (χ3v) is 5.69. The van der Waals surface area contributed by atoms with Crippen LogP contribution in [0.4, 0.5) is 11.4 Å². The van der Waals surface area contributed by atoms with Gasteiger partial charge in [0.25, 0.3) is 0 Å². The van der Waals surface area contributed by atoms with E-state index < -0.39 is 0 Å². The second kappa shape index (κ2) is 10.2. The highest BCUT2D eigenvalue weighted by atomic mass is 14.7. The largest absolute Gasteiger partial charge is 0.422 e. The minimum atomic E-state index is 0.607. The van der Waals surface area contributed by atoms with Gasteiger partial charge >= 0.3 is 0 Å². The first-order chi connectivity index (χ1) is 17.8. The lowest BCUT2D eigenvalue weighted by molar-refractivity contribution is 1.53. The van der Waals surface area contributed by atoms with Gasteiger partial charge in [-0.3, -0.25) is 0 Å². The van der Waals surface area contributed by atoms with Crippen molar-refractivity contribution in [3.05, 3.63) is 130 Å². The van der Waals surface area contributed by atoms with Gasteiger partial charge in [-0.15, -0.1) is 0 Å². The van der Waals surface area contributed by atoms with Crippen molar-refractivity contribution in [1.82, 2.24) is 0 Å². The summed E-state index contributed by atoms with van der Waals surface area (Å²) in [7, 11) is 0. The molecule has 0 aliphatic heterocycles. The molecular weight excluding hydrogens is 440 g/mol. The highest BCUT2D eigenvalue weighted by Crippen LogP contribution is 2.32. The fourth-order valence-corrected chi connectivity index (χ4v) is 4.02. The molecule has 0 aliphatic carbocycles. The smallest absolute Gasteiger partial charge is 0.0406 e. The molecule has 0 fully saturated rings. The van der Waals surface area contributed by atoms with Crippen LogP contribution in [0.25, 0.3) is 32.4 Å². The van der Waals surface area contributed by atoms with Gasteiger partial charge < -0.3 is 20.8 Å². The Kier molecular flexibility index (Phi) is 6.31. The Bertz CT molecular complexity index is 1630. The van der Waals surface area contributed by atoms with Gasteiger partial charge in [-0.05, 0) is 57.2 Å². The Balaban J connectivity index is 1.66. The maximum Gasteiger partial charge on any atom is 0.0406 e. The van der Waals surface area contributed by atoms with Crippen molar-refractivity contribution in [2.75, 3.05) is 0 Å². The lowest BCUT2D eigenvalue weighted by atomic mass is 9.92. The molecule has 0 saturated carbocycles. The molecule has 0 aromatic heterocycles. The van der Waals surface area contributed by atoms with Crippen molar-refractivity contribution in [2.24, 2.45) is 9.98 Å². The Morgan fingerprint density at radius 3 is 1.06 bits per heavy atom. The quantitative estimate of drug-likeness (QED) is 0.150. The van der Waals surface area contributed by atoms with Crippen LogP contribution in [0.3, 0.4) is 0 Å². The molecule has 4 nitrogen and oxygen atoms in total. The van der Waals surface area contributed by atoms with Crippen molar-refractivity contribution in [1.29, 1.82) is 0 Å². The monoisotopic (exact) mass is 456 g/mol. The number of benzene rings is 5. The van der Waals surface area contributed by atoms with Crippen molar-refractivity contribution in [2.45, 2.75) is 0 Å². The van der Waals surface area contributed by atoms with Crippen LogP contribution in [0, 0.1) is 23.7 Å². The van der Waals surface area contributed by atoms with Crippen LogP contribution in [-0.2, 0) is 0 Å². The topological polar surface area (TPSA) is 69.3 Å². The zero-order valence-electron chi connectivity index (χ0n) is 19.0. The standard InChI is InChI=1S/C32H16N4/c33-21-35-25-15-9-23(10-16-25)13-19-31-27-5-1-2-6-28(27)32(30-8-4-3-7-29(30)31)20-14-24-11-17-26(18-12-24)36-22-34/h1-12,15-18H/q-2. The fourth-order valence-electron chi connectivity index (χ4n) is 4.02. The van der Waals surface area contributed by atoms with E-state index >= 15 is 0 Å². The van der Waals surface area contributed by atoms with Gasteiger partial charge in [0.15, 0.2) is 0 Å². The summed E-state index contributed by atoms with van der Waals surface area (Å²) < 4.78 is 0. The molecule has 5 aromatic carbocycles. The number of hydrogen-bond acceptors (Lipinski definition) is 2. The van der Waals surface area contributed by atoms with E-state index in [9.17, 15) is 0 Å². The molecule has 0 aliphatic rings. The maximum atomic E-state index is 8.73. The summed E-state index contributed by atoms with van der Waals surface area (Å²) >= 11 is 0. The molecule has 36 heavy (non-hydrogen) atoms. The van der Waals surface area contributed by atoms with Crippen molar-refractivity contribution in [3.8, 4) is 23.7 Å². The molecular formula is C32H16N4-2. The highest BCUT2D eigenvalue weighted by Gasteiger charge is 2.11. The molecule has 5 rings (SSSR count). The molecule has 5 aromatic rings. The molecule has 4 heteroatoms. The Morgan fingerprint density at radius 1 is 0.417 bits per heavy atom. The molecule has 166 valence electrons. The third kappa shape index (κ3) is 4.59. The molecule has 0 bridgehead atoms. The number of nitrogens with zero attached hydrogens (tertiary/aromatic N) is 4. The van der Waals surface area contributed by atoms with Crippen LogP contribution in [-0.4, -0.2) is 12.0 Å². The summed E-state index contributed by atoms with van der Waals surface area (Å²) in [5.41, 5.74) is 4.79. The lowest BCUT2D eigenvalue weighted by Crippen LogP contribution is -1.90. The van der Waals surface area contributed by atoms with Crippen LogP contribution in [0.1, 0.15) is 22.3 Å². The van der Waals surface area contributed by atoms with E-state index in [-0.39, 0.29) is 0 Å². The van der Waals surface area contributed by atoms with Gasteiger partial charge in [0.05, 0.1) is 0 Å². The molecule has 0 amide bonds. The Labute approximate surface area is 208 Å². The summed E-state index contributed by atoms with van der Waals surface area (Å²) in [4.78, 5) is 7.47. The number of rotatable bonds is 2. The number of fused-ring (bicyclic) bond motifs is 2. The zero-order chi connectivity index (χ0) is 24.7. The summed E-state index contributed by atoms with van der Waals surface area (Å²) in [6.07, 6.45) is 0. The van der Waals surface area contributed by atoms with Crippen LogP contribution in [0.2, 0.25) is 0 Å². The minimum absolute atomic E-state index is 0.607. The first-order valence-corrected chi connectivity index (χ1v) is 11.1. The fraction of sp³-hybridized carbons (Fsp3) is 0. The van der Waals surface area contributed by atoms with Crippen molar-refractivity contribution < 1.29 is 0 Å². The van der Waals surface area contributed by atoms with E-state index in [1.54, 1.807) is 36.3 Å². The second-order valence-corrected chi connectivity index (χ2v) is 7.86. The van der Waals surface area contributed by atoms with E-state index in [4.69, 9.17) is 10.8 Å². The van der Waals surface area contributed by atoms with Crippen molar-refractivity contribution in [3.63, 3.8) is 0 Å². The summed E-state index contributed by atoms with van der Waals surface area (Å²) in [5.74, 6) is 13.3. The first kappa shape index (κ1) is 22.3. The molecule has 0 radical (unpaired) electrons. The third-order valence-electron chi connectivity index (χ3n) is 5.69. The Morgan fingerprint density at radius 2 is 0.750 bits per heavy atom. The molecule has 0 N–H and O–H groups in total. The van der Waals surface area contributed by atoms with Gasteiger partial charge in [0.2, 0.25) is 0 Å². The maximum absolute atomic E-state index is 8.73. The summed E-state index contributed by atoms with van der Waals surface area (Å²) in [5, 5.41) is 21.6. The lowest BCUT2D eigenvalue weighted by Gasteiger charge is -2.10. The van der Waals surface area contributed by atoms with E-state index in [2.05, 4.69) is 57.9 Å². The van der Waals surface area contributed by atoms with Crippen LogP contribution < -0.4 is 0 Å². The zero-order valence-corrected chi connectivity index (χ0v) is 19.0. The second-order valence-electron chi connectivity index (χ2n) is 7.86. The van der Waals surface area contributed by atoms with Crippen molar-refractivity contribution >= 4 is 44.9 Å². The van der Waals surface area contributed by atoms with Crippen LogP contribution in [0.15, 0.2) is 107 Å². The summed E-state index contributed by atoms with van der Waals surface area (Å²) in [6.45, 7) is 0. The van der Waals surface area contributed by atoms with E-state index in [1.807, 2.05) is 48.5 Å². The Hall–Kier alpha value is -5.50. The number of hydrogen-bond donors (Lipinski definition) is 0. The van der Waals surface area contributed by atoms with Gasteiger partial charge in [-0.2, -0.15) is 12.0 Å². The van der Waals surface area contributed by atoms with Gasteiger partial charge in [-0.1, -0.05) is 96.5 Å². The normalized spacial score (nSPS) is 9.78. The molecule has 0 saturated heterocycles. The van der Waals surface area contributed by atoms with E-state index in [1.165, 1.54) is 0 Å². The van der Waals surface area contributed by atoms with Crippen LogP contribution >= 0.6 is 0 Å². The molecule has 0 heterocycles.